The second kappa shape index (κ2) is 6.29. The first-order chi connectivity index (χ1) is 12.5. The molecule has 7 nitrogen and oxygen atoms in total. The fourth-order valence-electron chi connectivity index (χ4n) is 4.67. The monoisotopic (exact) mass is 353 g/mol. The van der Waals surface area contributed by atoms with Gasteiger partial charge < -0.3 is 19.9 Å². The van der Waals surface area contributed by atoms with Crippen LogP contribution in [0.1, 0.15) is 25.3 Å². The second-order valence-electron chi connectivity index (χ2n) is 7.55. The molecule has 2 N–H and O–H groups in total. The average molecular weight is 353 g/mol. The van der Waals surface area contributed by atoms with E-state index in [2.05, 4.69) is 20.9 Å². The van der Waals surface area contributed by atoms with Crippen LogP contribution in [0.2, 0.25) is 0 Å². The maximum atomic E-state index is 12.0. The number of pyridine rings is 1. The molecule has 0 aromatic carbocycles. The molecule has 2 aromatic heterocycles. The van der Waals surface area contributed by atoms with Crippen LogP contribution in [0.15, 0.2) is 18.5 Å². The van der Waals surface area contributed by atoms with Gasteiger partial charge in [-0.05, 0) is 37.7 Å². The minimum absolute atomic E-state index is 0.167. The van der Waals surface area contributed by atoms with Gasteiger partial charge in [0.05, 0.1) is 11.3 Å². The van der Waals surface area contributed by atoms with Gasteiger partial charge in [0, 0.05) is 44.0 Å². The number of aromatic amines is 1. The van der Waals surface area contributed by atoms with E-state index in [4.69, 9.17) is 0 Å². The number of hydrogen-bond acceptors (Lipinski definition) is 5. The molecular formula is C19H23N5O2. The minimum atomic E-state index is -0.927. The van der Waals surface area contributed by atoms with Gasteiger partial charge in [-0.2, -0.15) is 5.26 Å². The van der Waals surface area contributed by atoms with Crippen LogP contribution in [0.5, 0.6) is 0 Å². The number of aliphatic hydroxyl groups excluding tert-OH is 1. The van der Waals surface area contributed by atoms with Gasteiger partial charge in [-0.15, -0.1) is 0 Å². The van der Waals surface area contributed by atoms with Gasteiger partial charge in [-0.25, -0.2) is 4.98 Å². The quantitative estimate of drug-likeness (QED) is 0.871. The van der Waals surface area contributed by atoms with E-state index in [9.17, 15) is 15.2 Å². The summed E-state index contributed by atoms with van der Waals surface area (Å²) in [6.07, 6.45) is 4.53. The molecule has 0 spiro atoms. The third kappa shape index (κ3) is 2.61. The highest BCUT2D eigenvalue weighted by molar-refractivity contribution is 5.93. The summed E-state index contributed by atoms with van der Waals surface area (Å²) in [7, 11) is 2.05. The van der Waals surface area contributed by atoms with E-state index in [-0.39, 0.29) is 5.91 Å². The number of H-pyrrole nitrogens is 1. The Labute approximate surface area is 152 Å². The molecule has 4 atom stereocenters. The molecule has 0 radical (unpaired) electrons. The molecule has 136 valence electrons. The molecule has 1 saturated heterocycles. The van der Waals surface area contributed by atoms with E-state index < -0.39 is 6.10 Å². The maximum Gasteiger partial charge on any atom is 0.251 e. The van der Waals surface area contributed by atoms with E-state index >= 15 is 0 Å². The van der Waals surface area contributed by atoms with E-state index in [0.717, 1.165) is 42.7 Å². The van der Waals surface area contributed by atoms with Crippen molar-refractivity contribution in [2.75, 3.05) is 25.0 Å². The first kappa shape index (κ1) is 16.9. The van der Waals surface area contributed by atoms with E-state index in [0.29, 0.717) is 23.4 Å². The summed E-state index contributed by atoms with van der Waals surface area (Å²) in [4.78, 5) is 23.5. The molecule has 1 saturated carbocycles. The standard InChI is InChI=1S/C19H23N5O2/c1-11(25)19(26)24-9-12-5-15(6-13(12)10-24)23(2)17-14(7-20)8-22-18-16(17)3-4-21-18/h3-4,8,11-13,15,25H,5-6,9-10H2,1-2H3,(H,21,22)/t11-,12-,13+,15+/m0/s1. The number of carbonyl (C=O) groups excluding carboxylic acids is 1. The van der Waals surface area contributed by atoms with Crippen molar-refractivity contribution in [3.8, 4) is 6.07 Å². The Bertz CT molecular complexity index is 870. The normalized spacial score (nSPS) is 25.9. The third-order valence-electron chi connectivity index (χ3n) is 5.97. The van der Waals surface area contributed by atoms with Crippen LogP contribution in [0.25, 0.3) is 11.0 Å². The lowest BCUT2D eigenvalue weighted by molar-refractivity contribution is -0.138. The number of likely N-dealkylation sites (tertiary alicyclic amines) is 1. The van der Waals surface area contributed by atoms with Crippen LogP contribution in [0.4, 0.5) is 5.69 Å². The molecule has 7 heteroatoms. The van der Waals surface area contributed by atoms with Crippen LogP contribution in [-0.4, -0.2) is 58.2 Å². The van der Waals surface area contributed by atoms with Crippen molar-refractivity contribution >= 4 is 22.6 Å². The Morgan fingerprint density at radius 1 is 1.46 bits per heavy atom. The van der Waals surface area contributed by atoms with Crippen molar-refractivity contribution in [1.29, 1.82) is 5.26 Å². The first-order valence-electron chi connectivity index (χ1n) is 9.05. The maximum absolute atomic E-state index is 12.0. The van der Waals surface area contributed by atoms with Crippen LogP contribution < -0.4 is 4.90 Å². The zero-order valence-corrected chi connectivity index (χ0v) is 15.0. The summed E-state index contributed by atoms with van der Waals surface area (Å²) in [5, 5.41) is 20.0. The molecule has 26 heavy (non-hydrogen) atoms. The number of nitriles is 1. The van der Waals surface area contributed by atoms with Crippen molar-refractivity contribution in [3.63, 3.8) is 0 Å². The van der Waals surface area contributed by atoms with Crippen molar-refractivity contribution in [2.45, 2.75) is 31.9 Å². The van der Waals surface area contributed by atoms with Gasteiger partial charge in [0.15, 0.2) is 0 Å². The Kier molecular flexibility index (Phi) is 4.08. The summed E-state index contributed by atoms with van der Waals surface area (Å²) in [5.41, 5.74) is 2.31. The summed E-state index contributed by atoms with van der Waals surface area (Å²) in [6.45, 7) is 2.97. The molecule has 4 rings (SSSR count). The predicted octanol–water partition coefficient (Wildman–Crippen LogP) is 1.49. The lowest BCUT2D eigenvalue weighted by atomic mass is 10.0. The number of rotatable bonds is 3. The number of nitrogens with zero attached hydrogens (tertiary/aromatic N) is 4. The van der Waals surface area contributed by atoms with Gasteiger partial charge in [0.1, 0.15) is 17.8 Å². The Hall–Kier alpha value is -2.59. The third-order valence-corrected chi connectivity index (χ3v) is 5.97. The largest absolute Gasteiger partial charge is 0.384 e. The molecule has 1 amide bonds. The highest BCUT2D eigenvalue weighted by Gasteiger charge is 2.44. The molecule has 2 aliphatic rings. The zero-order chi connectivity index (χ0) is 18.4. The van der Waals surface area contributed by atoms with Gasteiger partial charge in [-0.1, -0.05) is 0 Å². The molecule has 0 bridgehead atoms. The summed E-state index contributed by atoms with van der Waals surface area (Å²) in [6, 6.07) is 4.57. The van der Waals surface area contributed by atoms with Crippen molar-refractivity contribution in [1.82, 2.24) is 14.9 Å². The second-order valence-corrected chi connectivity index (χ2v) is 7.55. The number of anilines is 1. The molecule has 1 aliphatic heterocycles. The lowest BCUT2D eigenvalue weighted by Crippen LogP contribution is -2.38. The molecule has 0 unspecified atom stereocenters. The van der Waals surface area contributed by atoms with E-state index in [1.54, 1.807) is 11.1 Å². The number of nitrogens with one attached hydrogen (secondary N) is 1. The minimum Gasteiger partial charge on any atom is -0.384 e. The molecule has 2 aromatic rings. The number of aliphatic hydroxyl groups is 1. The SMILES string of the molecule is C[C@H](O)C(=O)N1C[C@H]2C[C@H](N(C)c3c(C#N)cnc4[nH]ccc34)C[C@H]2C1. The topological polar surface area (TPSA) is 96.2 Å². The van der Waals surface area contributed by atoms with Crippen LogP contribution in [0, 0.1) is 23.2 Å². The van der Waals surface area contributed by atoms with Crippen molar-refractivity contribution in [2.24, 2.45) is 11.8 Å². The van der Waals surface area contributed by atoms with E-state index in [1.165, 1.54) is 6.92 Å². The first-order valence-corrected chi connectivity index (χ1v) is 9.05. The summed E-state index contributed by atoms with van der Waals surface area (Å²) in [5.74, 6) is 0.748. The van der Waals surface area contributed by atoms with Gasteiger partial charge in [0.2, 0.25) is 0 Å². The fraction of sp³-hybridized carbons (Fsp3) is 0.526. The number of fused-ring (bicyclic) bond motifs is 2. The van der Waals surface area contributed by atoms with Crippen LogP contribution in [0.3, 0.4) is 0 Å². The van der Waals surface area contributed by atoms with E-state index in [1.807, 2.05) is 19.3 Å². The predicted molar refractivity (Wildman–Crippen MR) is 97.5 cm³/mol. The van der Waals surface area contributed by atoms with Crippen molar-refractivity contribution in [3.05, 3.63) is 24.0 Å². The van der Waals surface area contributed by atoms with Gasteiger partial charge in [-0.3, -0.25) is 4.79 Å². The number of aromatic nitrogens is 2. The number of amides is 1. The smallest absolute Gasteiger partial charge is 0.251 e. The molecule has 1 aliphatic carbocycles. The average Bonchev–Trinajstić information content (AvgIpc) is 3.32. The van der Waals surface area contributed by atoms with Crippen molar-refractivity contribution < 1.29 is 9.90 Å². The molecule has 2 fully saturated rings. The van der Waals surface area contributed by atoms with Crippen LogP contribution in [-0.2, 0) is 4.79 Å². The summed E-state index contributed by atoms with van der Waals surface area (Å²) < 4.78 is 0. The van der Waals surface area contributed by atoms with Gasteiger partial charge >= 0.3 is 0 Å². The highest BCUT2D eigenvalue weighted by Crippen LogP contribution is 2.42. The summed E-state index contributed by atoms with van der Waals surface area (Å²) >= 11 is 0. The Morgan fingerprint density at radius 2 is 2.15 bits per heavy atom. The molecular weight excluding hydrogens is 330 g/mol. The van der Waals surface area contributed by atoms with Gasteiger partial charge in [0.25, 0.3) is 5.91 Å². The Morgan fingerprint density at radius 3 is 2.77 bits per heavy atom. The lowest BCUT2D eigenvalue weighted by Gasteiger charge is -2.29. The highest BCUT2D eigenvalue weighted by atomic mass is 16.3. The number of carbonyl (C=O) groups is 1. The number of hydrogen-bond donors (Lipinski definition) is 2. The Balaban J connectivity index is 1.54. The fourth-order valence-corrected chi connectivity index (χ4v) is 4.67. The zero-order valence-electron chi connectivity index (χ0n) is 15.0. The molecule has 3 heterocycles. The van der Waals surface area contributed by atoms with Crippen LogP contribution >= 0.6 is 0 Å².